The monoisotopic (exact) mass is 627 g/mol. The molecule has 3 heterocycles. The lowest BCUT2D eigenvalue weighted by Gasteiger charge is -2.33. The molecule has 0 unspecified atom stereocenters. The zero-order valence-electron chi connectivity index (χ0n) is 25.4. The summed E-state index contributed by atoms with van der Waals surface area (Å²) in [5.41, 5.74) is 17.6. The summed E-state index contributed by atoms with van der Waals surface area (Å²) < 4.78 is 6.62. The zero-order chi connectivity index (χ0) is 31.7. The average Bonchev–Trinajstić information content (AvgIpc) is 3.46. The zero-order valence-corrected chi connectivity index (χ0v) is 26.2. The Labute approximate surface area is 265 Å². The van der Waals surface area contributed by atoms with Gasteiger partial charge in [-0.25, -0.2) is 9.78 Å². The van der Waals surface area contributed by atoms with Gasteiger partial charge in [0.15, 0.2) is 5.82 Å². The standard InChI is InChI=1S/C33H37N7O4S/c1-19-23(7-5-8-25(19)38-31(41)29-16-20-6-3-4-9-28(20)45-29)26-18-39(2)32(42)30(37-26)36-21-10-11-27(24(34)17-21)40-14-12-22(13-15-40)44-33(35)43/h5,7-8,10-11,16-18,22H,3-4,6,9,12-15,34H2,1-2H3,(H2,35,43)(H,36,37)(H,38,41). The summed E-state index contributed by atoms with van der Waals surface area (Å²) in [6, 6.07) is 13.2. The molecule has 0 spiro atoms. The third kappa shape index (κ3) is 6.51. The molecule has 4 aromatic rings. The largest absolute Gasteiger partial charge is 0.446 e. The van der Waals surface area contributed by atoms with Crippen LogP contribution >= 0.6 is 11.3 Å². The summed E-state index contributed by atoms with van der Waals surface area (Å²) in [4.78, 5) is 46.2. The number of thiophene rings is 1. The second-order valence-corrected chi connectivity index (χ2v) is 12.7. The first-order valence-electron chi connectivity index (χ1n) is 15.1. The molecule has 6 N–H and O–H groups in total. The van der Waals surface area contributed by atoms with E-state index in [1.54, 1.807) is 30.6 Å². The number of fused-ring (bicyclic) bond motifs is 1. The highest BCUT2D eigenvalue weighted by Gasteiger charge is 2.23. The minimum Gasteiger partial charge on any atom is -0.446 e. The van der Waals surface area contributed by atoms with Crippen molar-refractivity contribution in [3.8, 4) is 11.3 Å². The third-order valence-corrected chi connectivity index (χ3v) is 9.74. The van der Waals surface area contributed by atoms with Crippen LogP contribution in [0.1, 0.15) is 51.4 Å². The predicted molar refractivity (Wildman–Crippen MR) is 179 cm³/mol. The quantitative estimate of drug-likeness (QED) is 0.200. The first-order chi connectivity index (χ1) is 21.7. The van der Waals surface area contributed by atoms with Crippen molar-refractivity contribution >= 4 is 51.9 Å². The van der Waals surface area contributed by atoms with Crippen molar-refractivity contribution < 1.29 is 14.3 Å². The van der Waals surface area contributed by atoms with Gasteiger partial charge >= 0.3 is 6.09 Å². The number of anilines is 5. The number of nitrogens with one attached hydrogen (secondary N) is 2. The van der Waals surface area contributed by atoms with E-state index in [0.29, 0.717) is 48.7 Å². The molecule has 0 bridgehead atoms. The molecule has 1 aliphatic heterocycles. The molecule has 45 heavy (non-hydrogen) atoms. The van der Waals surface area contributed by atoms with Crippen molar-refractivity contribution in [2.75, 3.05) is 34.4 Å². The first-order valence-corrected chi connectivity index (χ1v) is 16.0. The van der Waals surface area contributed by atoms with Crippen molar-refractivity contribution in [2.24, 2.45) is 12.8 Å². The summed E-state index contributed by atoms with van der Waals surface area (Å²) in [5.74, 6) is 0.0411. The van der Waals surface area contributed by atoms with Gasteiger partial charge in [0.1, 0.15) is 6.10 Å². The van der Waals surface area contributed by atoms with Gasteiger partial charge < -0.3 is 36.3 Å². The van der Waals surface area contributed by atoms with Crippen LogP contribution < -0.4 is 32.6 Å². The number of ether oxygens (including phenoxy) is 1. The van der Waals surface area contributed by atoms with E-state index in [1.165, 1.54) is 27.8 Å². The summed E-state index contributed by atoms with van der Waals surface area (Å²) in [5, 5.41) is 6.24. The molecule has 12 heteroatoms. The minimum absolute atomic E-state index is 0.116. The van der Waals surface area contributed by atoms with E-state index >= 15 is 0 Å². The van der Waals surface area contributed by atoms with Crippen LogP contribution in [0.3, 0.4) is 0 Å². The molecule has 0 saturated carbocycles. The molecule has 1 aliphatic carbocycles. The lowest BCUT2D eigenvalue weighted by Crippen LogP contribution is -2.39. The van der Waals surface area contributed by atoms with Crippen LogP contribution in [-0.4, -0.2) is 40.7 Å². The second-order valence-electron chi connectivity index (χ2n) is 11.6. The van der Waals surface area contributed by atoms with Crippen LogP contribution in [0.15, 0.2) is 53.5 Å². The lowest BCUT2D eigenvalue weighted by molar-refractivity contribution is 0.0912. The molecular weight excluding hydrogens is 590 g/mol. The fourth-order valence-corrected chi connectivity index (χ4v) is 7.24. The SMILES string of the molecule is Cc1c(NC(=O)c2cc3c(s2)CCCC3)cccc1-c1cn(C)c(=O)c(Nc2ccc(N3CCC(OC(N)=O)CC3)c(N)c2)n1. The highest BCUT2D eigenvalue weighted by molar-refractivity contribution is 7.14. The molecule has 0 radical (unpaired) electrons. The Morgan fingerprint density at radius 2 is 1.87 bits per heavy atom. The van der Waals surface area contributed by atoms with E-state index in [9.17, 15) is 14.4 Å². The van der Waals surface area contributed by atoms with Crippen LogP contribution in [0.4, 0.5) is 33.4 Å². The van der Waals surface area contributed by atoms with Gasteiger partial charge in [0.2, 0.25) is 0 Å². The lowest BCUT2D eigenvalue weighted by atomic mass is 9.99. The smallest absolute Gasteiger partial charge is 0.404 e. The number of rotatable bonds is 7. The number of nitrogens with two attached hydrogens (primary N) is 2. The normalized spacial score (nSPS) is 14.9. The Bertz CT molecular complexity index is 1800. The van der Waals surface area contributed by atoms with E-state index in [1.807, 2.05) is 43.3 Å². The maximum absolute atomic E-state index is 13.2. The molecular formula is C33H37N7O4S. The topological polar surface area (TPSA) is 158 Å². The van der Waals surface area contributed by atoms with Gasteiger partial charge in [0.25, 0.3) is 11.5 Å². The number of amides is 2. The highest BCUT2D eigenvalue weighted by atomic mass is 32.1. The highest BCUT2D eigenvalue weighted by Crippen LogP contribution is 2.33. The number of nitrogen functional groups attached to an aromatic ring is 1. The maximum Gasteiger partial charge on any atom is 0.404 e. The number of carbonyl (C=O) groups is 2. The van der Waals surface area contributed by atoms with E-state index in [0.717, 1.165) is 34.5 Å². The number of hydrogen-bond acceptors (Lipinski definition) is 9. The van der Waals surface area contributed by atoms with Crippen LogP contribution in [0.25, 0.3) is 11.3 Å². The Morgan fingerprint density at radius 3 is 2.60 bits per heavy atom. The molecule has 2 aromatic heterocycles. The van der Waals surface area contributed by atoms with Crippen molar-refractivity contribution in [3.05, 3.63) is 79.9 Å². The number of piperidine rings is 1. The number of benzene rings is 2. The number of hydrogen-bond donors (Lipinski definition) is 4. The number of aryl methyl sites for hydroxylation is 3. The van der Waals surface area contributed by atoms with Gasteiger partial charge in [-0.05, 0) is 74.1 Å². The van der Waals surface area contributed by atoms with Crippen LogP contribution in [0, 0.1) is 6.92 Å². The summed E-state index contributed by atoms with van der Waals surface area (Å²) in [6.45, 7) is 3.28. The van der Waals surface area contributed by atoms with Crippen LogP contribution in [0.2, 0.25) is 0 Å². The van der Waals surface area contributed by atoms with Crippen molar-refractivity contribution in [1.82, 2.24) is 9.55 Å². The molecule has 1 fully saturated rings. The van der Waals surface area contributed by atoms with E-state index in [2.05, 4.69) is 15.5 Å². The molecule has 2 amide bonds. The number of aromatic nitrogens is 2. The molecule has 2 aromatic carbocycles. The fourth-order valence-electron chi connectivity index (χ4n) is 6.09. The number of carbonyl (C=O) groups excluding carboxylic acids is 2. The summed E-state index contributed by atoms with van der Waals surface area (Å²) in [6.07, 6.45) is 6.49. The van der Waals surface area contributed by atoms with E-state index < -0.39 is 6.09 Å². The van der Waals surface area contributed by atoms with E-state index in [4.69, 9.17) is 21.2 Å². The van der Waals surface area contributed by atoms with Gasteiger partial charge in [-0.3, -0.25) is 9.59 Å². The summed E-state index contributed by atoms with van der Waals surface area (Å²) in [7, 11) is 1.68. The molecule has 2 aliphatic rings. The van der Waals surface area contributed by atoms with Crippen molar-refractivity contribution in [2.45, 2.75) is 51.6 Å². The van der Waals surface area contributed by atoms with Crippen LogP contribution in [0.5, 0.6) is 0 Å². The Kier molecular flexibility index (Phi) is 8.48. The third-order valence-electron chi connectivity index (χ3n) is 8.51. The minimum atomic E-state index is -0.756. The Balaban J connectivity index is 1.20. The molecule has 234 valence electrons. The Hall–Kier alpha value is -4.84. The molecule has 6 rings (SSSR count). The fraction of sp³-hybridized carbons (Fsp3) is 0.333. The molecule has 0 atom stereocenters. The Morgan fingerprint density at radius 1 is 1.09 bits per heavy atom. The van der Waals surface area contributed by atoms with Crippen molar-refractivity contribution in [1.29, 1.82) is 0 Å². The predicted octanol–water partition coefficient (Wildman–Crippen LogP) is 5.34. The average molecular weight is 628 g/mol. The molecule has 11 nitrogen and oxygen atoms in total. The van der Waals surface area contributed by atoms with Gasteiger partial charge in [-0.2, -0.15) is 0 Å². The maximum atomic E-state index is 13.2. The second kappa shape index (κ2) is 12.6. The van der Waals surface area contributed by atoms with Gasteiger partial charge in [-0.1, -0.05) is 12.1 Å². The summed E-state index contributed by atoms with van der Waals surface area (Å²) >= 11 is 1.58. The first kappa shape index (κ1) is 30.2. The van der Waals surface area contributed by atoms with Gasteiger partial charge in [0, 0.05) is 61.0 Å². The van der Waals surface area contributed by atoms with Gasteiger partial charge in [0.05, 0.1) is 21.9 Å². The molecule has 1 saturated heterocycles. The number of nitrogens with zero attached hydrogens (tertiary/aromatic N) is 3. The van der Waals surface area contributed by atoms with Gasteiger partial charge in [-0.15, -0.1) is 11.3 Å². The number of primary amides is 1. The van der Waals surface area contributed by atoms with E-state index in [-0.39, 0.29) is 23.4 Å². The van der Waals surface area contributed by atoms with Crippen LogP contribution in [-0.2, 0) is 24.6 Å². The van der Waals surface area contributed by atoms with Crippen molar-refractivity contribution in [3.63, 3.8) is 0 Å².